The number of carbonyl (C=O) groups is 1. The number of piperidine rings is 1. The molecule has 1 atom stereocenters. The smallest absolute Gasteiger partial charge is 0.265 e. The molecule has 1 saturated heterocycles. The van der Waals surface area contributed by atoms with Gasteiger partial charge in [-0.2, -0.15) is 4.98 Å². The highest BCUT2D eigenvalue weighted by atomic mass is 16.5. The highest BCUT2D eigenvalue weighted by molar-refractivity contribution is 5.83. The summed E-state index contributed by atoms with van der Waals surface area (Å²) in [5.41, 5.74) is 2.98. The number of amides is 1. The number of aromatic nitrogens is 2. The van der Waals surface area contributed by atoms with Gasteiger partial charge in [0.1, 0.15) is 5.75 Å². The van der Waals surface area contributed by atoms with Gasteiger partial charge in [0, 0.05) is 18.7 Å². The number of rotatable bonds is 4. The number of likely N-dealkylation sites (tertiary alicyclic amines) is 1. The maximum absolute atomic E-state index is 13.1. The van der Waals surface area contributed by atoms with Crippen molar-refractivity contribution >= 4 is 11.6 Å². The first-order valence-corrected chi connectivity index (χ1v) is 10.9. The number of hydrogen-bond acceptors (Lipinski definition) is 6. The molecule has 0 aliphatic carbocycles. The number of carbonyl (C=O) groups excluding carboxylic acids is 1. The van der Waals surface area contributed by atoms with E-state index >= 15 is 0 Å². The molecule has 1 aromatic heterocycles. The molecule has 0 N–H and O–H groups in total. The molecular weight excluding hydrogens is 392 g/mol. The van der Waals surface area contributed by atoms with Crippen molar-refractivity contribution in [3.05, 3.63) is 60.0 Å². The molecule has 0 saturated carbocycles. The Bertz CT molecular complexity index is 1070. The average Bonchev–Trinajstić information content (AvgIpc) is 3.27. The molecule has 1 amide bonds. The molecule has 3 aromatic rings. The normalized spacial score (nSPS) is 18.4. The molecule has 1 fully saturated rings. The molecule has 1 unspecified atom stereocenters. The summed E-state index contributed by atoms with van der Waals surface area (Å²) < 4.78 is 11.7. The third-order valence-electron chi connectivity index (χ3n) is 5.98. The van der Waals surface area contributed by atoms with Gasteiger partial charge in [0.25, 0.3) is 5.91 Å². The second kappa shape index (κ2) is 8.41. The van der Waals surface area contributed by atoms with Crippen molar-refractivity contribution < 1.29 is 14.1 Å². The van der Waals surface area contributed by atoms with Gasteiger partial charge in [-0.05, 0) is 43.9 Å². The maximum atomic E-state index is 13.1. The topological polar surface area (TPSA) is 71.7 Å². The van der Waals surface area contributed by atoms with Crippen molar-refractivity contribution in [1.29, 1.82) is 0 Å². The Kier molecular flexibility index (Phi) is 5.32. The van der Waals surface area contributed by atoms with Crippen LogP contribution in [0.4, 0.5) is 5.69 Å². The van der Waals surface area contributed by atoms with Crippen LogP contribution in [0, 0.1) is 6.92 Å². The van der Waals surface area contributed by atoms with Crippen molar-refractivity contribution in [3.8, 4) is 17.1 Å². The lowest BCUT2D eigenvalue weighted by molar-refractivity contribution is -0.139. The Balaban J connectivity index is 1.38. The lowest BCUT2D eigenvalue weighted by Gasteiger charge is -2.37. The van der Waals surface area contributed by atoms with Gasteiger partial charge in [0.05, 0.1) is 18.8 Å². The standard InChI is InChI=1S/C24H26N4O3/c1-17-9-3-4-10-18(17)23-25-22(31-26-23)16-28-15-21(24(29)27-13-7-2-8-14-27)30-20-12-6-5-11-19(20)28/h3-6,9-12,21H,2,7-8,13-16H2,1H3. The summed E-state index contributed by atoms with van der Waals surface area (Å²) in [6, 6.07) is 15.8. The lowest BCUT2D eigenvalue weighted by atomic mass is 10.1. The van der Waals surface area contributed by atoms with E-state index < -0.39 is 6.10 Å². The van der Waals surface area contributed by atoms with Crippen LogP contribution in [0.3, 0.4) is 0 Å². The van der Waals surface area contributed by atoms with Crippen molar-refractivity contribution in [1.82, 2.24) is 15.0 Å². The minimum atomic E-state index is -0.535. The fraction of sp³-hybridized carbons (Fsp3) is 0.375. The van der Waals surface area contributed by atoms with E-state index in [0.717, 1.165) is 42.7 Å². The first-order chi connectivity index (χ1) is 15.2. The Morgan fingerprint density at radius 3 is 2.68 bits per heavy atom. The Labute approximate surface area is 181 Å². The first kappa shape index (κ1) is 19.6. The summed E-state index contributed by atoms with van der Waals surface area (Å²) in [5, 5.41) is 4.18. The fourth-order valence-electron chi connectivity index (χ4n) is 4.32. The lowest BCUT2D eigenvalue weighted by Crippen LogP contribution is -2.51. The molecule has 160 valence electrons. The quantitative estimate of drug-likeness (QED) is 0.641. The van der Waals surface area contributed by atoms with Crippen LogP contribution in [-0.2, 0) is 11.3 Å². The van der Waals surface area contributed by atoms with Crippen molar-refractivity contribution in [2.24, 2.45) is 0 Å². The van der Waals surface area contributed by atoms with Crippen LogP contribution in [-0.4, -0.2) is 46.7 Å². The fourth-order valence-corrected chi connectivity index (χ4v) is 4.32. The molecular formula is C24H26N4O3. The molecule has 2 aliphatic heterocycles. The van der Waals surface area contributed by atoms with Crippen molar-refractivity contribution in [3.63, 3.8) is 0 Å². The number of aryl methyl sites for hydroxylation is 1. The van der Waals surface area contributed by atoms with E-state index in [-0.39, 0.29) is 5.91 Å². The van der Waals surface area contributed by atoms with Crippen LogP contribution in [0.15, 0.2) is 53.1 Å². The molecule has 7 heteroatoms. The Hall–Kier alpha value is -3.35. The molecule has 0 spiro atoms. The van der Waals surface area contributed by atoms with Gasteiger partial charge in [0.15, 0.2) is 6.10 Å². The highest BCUT2D eigenvalue weighted by Gasteiger charge is 2.34. The van der Waals surface area contributed by atoms with Gasteiger partial charge in [-0.25, -0.2) is 0 Å². The zero-order chi connectivity index (χ0) is 21.2. The summed E-state index contributed by atoms with van der Waals surface area (Å²) >= 11 is 0. The summed E-state index contributed by atoms with van der Waals surface area (Å²) in [5.74, 6) is 1.86. The van der Waals surface area contributed by atoms with Crippen LogP contribution in [0.1, 0.15) is 30.7 Å². The number of para-hydroxylation sites is 2. The Morgan fingerprint density at radius 2 is 1.84 bits per heavy atom. The van der Waals surface area contributed by atoms with E-state index in [9.17, 15) is 4.79 Å². The number of benzene rings is 2. The maximum Gasteiger partial charge on any atom is 0.265 e. The molecule has 0 radical (unpaired) electrons. The number of hydrogen-bond donors (Lipinski definition) is 0. The number of fused-ring (bicyclic) bond motifs is 1. The SMILES string of the molecule is Cc1ccccc1-c1noc(CN2CC(C(=O)N3CCCCC3)Oc3ccccc32)n1. The van der Waals surface area contributed by atoms with Gasteiger partial charge in [-0.1, -0.05) is 41.6 Å². The van der Waals surface area contributed by atoms with Gasteiger partial charge in [0.2, 0.25) is 11.7 Å². The predicted octanol–water partition coefficient (Wildman–Crippen LogP) is 3.83. The van der Waals surface area contributed by atoms with Crippen LogP contribution >= 0.6 is 0 Å². The van der Waals surface area contributed by atoms with Gasteiger partial charge < -0.3 is 19.1 Å². The molecule has 2 aliphatic rings. The summed E-state index contributed by atoms with van der Waals surface area (Å²) in [6.07, 6.45) is 2.77. The Morgan fingerprint density at radius 1 is 1.06 bits per heavy atom. The molecule has 3 heterocycles. The molecule has 31 heavy (non-hydrogen) atoms. The van der Waals surface area contributed by atoms with Crippen LogP contribution in [0.25, 0.3) is 11.4 Å². The zero-order valence-electron chi connectivity index (χ0n) is 17.7. The average molecular weight is 418 g/mol. The molecule has 7 nitrogen and oxygen atoms in total. The summed E-state index contributed by atoms with van der Waals surface area (Å²) in [6.45, 7) is 4.52. The van der Waals surface area contributed by atoms with E-state index in [1.54, 1.807) is 0 Å². The molecule has 0 bridgehead atoms. The van der Waals surface area contributed by atoms with Gasteiger partial charge in [-0.3, -0.25) is 4.79 Å². The number of nitrogens with zero attached hydrogens (tertiary/aromatic N) is 4. The van der Waals surface area contributed by atoms with E-state index in [2.05, 4.69) is 15.0 Å². The van der Waals surface area contributed by atoms with E-state index in [1.165, 1.54) is 6.42 Å². The van der Waals surface area contributed by atoms with Crippen LogP contribution in [0.2, 0.25) is 0 Å². The van der Waals surface area contributed by atoms with Crippen LogP contribution < -0.4 is 9.64 Å². The second-order valence-corrected chi connectivity index (χ2v) is 8.17. The van der Waals surface area contributed by atoms with Crippen molar-refractivity contribution in [2.75, 3.05) is 24.5 Å². The van der Waals surface area contributed by atoms with Crippen LogP contribution in [0.5, 0.6) is 5.75 Å². The highest BCUT2D eigenvalue weighted by Crippen LogP contribution is 2.34. The summed E-state index contributed by atoms with van der Waals surface area (Å²) in [7, 11) is 0. The number of anilines is 1. The molecule has 2 aromatic carbocycles. The monoisotopic (exact) mass is 418 g/mol. The number of ether oxygens (including phenoxy) is 1. The third-order valence-corrected chi connectivity index (χ3v) is 5.98. The largest absolute Gasteiger partial charge is 0.477 e. The van der Waals surface area contributed by atoms with E-state index in [0.29, 0.717) is 30.6 Å². The molecule has 5 rings (SSSR count). The predicted molar refractivity (Wildman–Crippen MR) is 117 cm³/mol. The second-order valence-electron chi connectivity index (χ2n) is 8.17. The third kappa shape index (κ3) is 4.00. The van der Waals surface area contributed by atoms with Crippen molar-refractivity contribution in [2.45, 2.75) is 38.8 Å². The zero-order valence-corrected chi connectivity index (χ0v) is 17.7. The summed E-state index contributed by atoms with van der Waals surface area (Å²) in [4.78, 5) is 21.8. The van der Waals surface area contributed by atoms with E-state index in [1.807, 2.05) is 60.4 Å². The minimum absolute atomic E-state index is 0.0605. The van der Waals surface area contributed by atoms with Gasteiger partial charge in [-0.15, -0.1) is 0 Å². The minimum Gasteiger partial charge on any atom is -0.477 e. The first-order valence-electron chi connectivity index (χ1n) is 10.9. The van der Waals surface area contributed by atoms with E-state index in [4.69, 9.17) is 9.26 Å². The van der Waals surface area contributed by atoms with Gasteiger partial charge >= 0.3 is 0 Å².